The number of aryl methyl sites for hydroxylation is 3. The number of halogens is 2. The summed E-state index contributed by atoms with van der Waals surface area (Å²) in [6.07, 6.45) is 0.950. The van der Waals surface area contributed by atoms with Crippen LogP contribution in [-0.2, 0) is 17.6 Å². The minimum Gasteiger partial charge on any atom is -0.493 e. The van der Waals surface area contributed by atoms with Gasteiger partial charge in [-0.05, 0) is 73.4 Å². The Morgan fingerprint density at radius 2 is 1.75 bits per heavy atom. The molecule has 0 saturated heterocycles. The summed E-state index contributed by atoms with van der Waals surface area (Å²) in [5.74, 6) is 1.46. The van der Waals surface area contributed by atoms with Crippen LogP contribution in [0.5, 0.6) is 5.75 Å². The van der Waals surface area contributed by atoms with E-state index in [4.69, 9.17) is 32.5 Å². The number of carbonyl (C=O) groups is 1. The topological polar surface area (TPSA) is 64.4 Å². The van der Waals surface area contributed by atoms with E-state index in [1.54, 1.807) is 0 Å². The molecule has 0 fully saturated rings. The van der Waals surface area contributed by atoms with Gasteiger partial charge in [0.1, 0.15) is 11.5 Å². The van der Waals surface area contributed by atoms with Crippen molar-refractivity contribution in [2.24, 2.45) is 0 Å². The number of nitrogens with zero attached hydrogens (tertiary/aromatic N) is 1. The molecule has 0 aliphatic rings. The van der Waals surface area contributed by atoms with Crippen molar-refractivity contribution in [2.45, 2.75) is 39.7 Å². The molecule has 3 aromatic carbocycles. The Labute approximate surface area is 221 Å². The molecule has 4 rings (SSSR count). The van der Waals surface area contributed by atoms with Crippen LogP contribution in [0.4, 0.5) is 0 Å². The fraction of sp³-hybridized carbons (Fsp3) is 0.241. The van der Waals surface area contributed by atoms with Crippen LogP contribution in [-0.4, -0.2) is 17.7 Å². The highest BCUT2D eigenvalue weighted by Gasteiger charge is 2.21. The molecular formula is C29H28Cl2N2O3. The molecule has 0 aliphatic carbocycles. The van der Waals surface area contributed by atoms with Crippen LogP contribution in [0, 0.1) is 20.8 Å². The first-order valence-corrected chi connectivity index (χ1v) is 12.5. The lowest BCUT2D eigenvalue weighted by Crippen LogP contribution is -2.31. The number of aromatic nitrogens is 1. The molecule has 5 nitrogen and oxygen atoms in total. The van der Waals surface area contributed by atoms with Gasteiger partial charge in [-0.2, -0.15) is 0 Å². The van der Waals surface area contributed by atoms with E-state index >= 15 is 0 Å². The molecule has 1 amide bonds. The second-order valence-corrected chi connectivity index (χ2v) is 9.59. The van der Waals surface area contributed by atoms with Crippen LogP contribution in [0.25, 0.3) is 0 Å². The second-order valence-electron chi connectivity index (χ2n) is 8.74. The van der Waals surface area contributed by atoms with Crippen molar-refractivity contribution in [1.82, 2.24) is 10.5 Å². The number of hydrogen-bond donors (Lipinski definition) is 1. The zero-order valence-corrected chi connectivity index (χ0v) is 22.0. The molecule has 4 aromatic rings. The third kappa shape index (κ3) is 6.28. The first-order chi connectivity index (χ1) is 17.3. The smallest absolute Gasteiger partial charge is 0.225 e. The zero-order valence-electron chi connectivity index (χ0n) is 20.5. The lowest BCUT2D eigenvalue weighted by molar-refractivity contribution is -0.120. The summed E-state index contributed by atoms with van der Waals surface area (Å²) in [5, 5.41) is 8.37. The van der Waals surface area contributed by atoms with Crippen LogP contribution in [0.3, 0.4) is 0 Å². The molecular weight excluding hydrogens is 495 g/mol. The van der Waals surface area contributed by atoms with Gasteiger partial charge in [-0.15, -0.1) is 0 Å². The van der Waals surface area contributed by atoms with Gasteiger partial charge < -0.3 is 14.6 Å². The monoisotopic (exact) mass is 522 g/mol. The van der Waals surface area contributed by atoms with Gasteiger partial charge in [-0.3, -0.25) is 4.79 Å². The average molecular weight is 523 g/mol. The van der Waals surface area contributed by atoms with Gasteiger partial charge in [0.2, 0.25) is 5.91 Å². The standard InChI is InChI=1S/C29H28Cl2N2O3/c1-18-16-22(30)10-13-24(18)29(26-6-4-5-7-27(26)31)32-28(34)17-21-8-11-23(12-9-21)35-15-14-25-19(2)33-36-20(25)3/h4-13,16,29H,14-15,17H2,1-3H3,(H,32,34). The molecule has 1 unspecified atom stereocenters. The van der Waals surface area contributed by atoms with Crippen molar-refractivity contribution in [1.29, 1.82) is 0 Å². The highest BCUT2D eigenvalue weighted by Crippen LogP contribution is 2.31. The van der Waals surface area contributed by atoms with E-state index in [1.807, 2.05) is 87.5 Å². The number of ether oxygens (including phenoxy) is 1. The van der Waals surface area contributed by atoms with E-state index in [0.29, 0.717) is 16.7 Å². The minimum absolute atomic E-state index is 0.110. The first kappa shape index (κ1) is 25.8. The maximum Gasteiger partial charge on any atom is 0.225 e. The highest BCUT2D eigenvalue weighted by atomic mass is 35.5. The van der Waals surface area contributed by atoms with Crippen molar-refractivity contribution < 1.29 is 14.1 Å². The summed E-state index contributed by atoms with van der Waals surface area (Å²) in [4.78, 5) is 13.1. The fourth-order valence-corrected chi connectivity index (χ4v) is 4.70. The summed E-state index contributed by atoms with van der Waals surface area (Å²) in [6, 6.07) is 20.4. The number of benzene rings is 3. The number of nitrogens with one attached hydrogen (secondary N) is 1. The molecule has 0 saturated carbocycles. The van der Waals surface area contributed by atoms with Crippen molar-refractivity contribution in [2.75, 3.05) is 6.61 Å². The summed E-state index contributed by atoms with van der Waals surface area (Å²) in [7, 11) is 0. The SMILES string of the molecule is Cc1cc(Cl)ccc1C(NC(=O)Cc1ccc(OCCc2c(C)noc2C)cc1)c1ccccc1Cl. The molecule has 7 heteroatoms. The van der Waals surface area contributed by atoms with Crippen molar-refractivity contribution in [3.63, 3.8) is 0 Å². The highest BCUT2D eigenvalue weighted by molar-refractivity contribution is 6.31. The average Bonchev–Trinajstić information content (AvgIpc) is 3.17. The Bertz CT molecular complexity index is 1330. The Morgan fingerprint density at radius 1 is 1.00 bits per heavy atom. The first-order valence-electron chi connectivity index (χ1n) is 11.7. The van der Waals surface area contributed by atoms with E-state index in [0.717, 1.165) is 51.4 Å². The Morgan fingerprint density at radius 3 is 2.42 bits per heavy atom. The van der Waals surface area contributed by atoms with Crippen LogP contribution in [0.1, 0.15) is 45.3 Å². The van der Waals surface area contributed by atoms with Gasteiger partial charge in [0.15, 0.2) is 0 Å². The van der Waals surface area contributed by atoms with E-state index in [9.17, 15) is 4.79 Å². The molecule has 1 aromatic heterocycles. The van der Waals surface area contributed by atoms with E-state index < -0.39 is 6.04 Å². The second kappa shape index (κ2) is 11.6. The third-order valence-corrected chi connectivity index (χ3v) is 6.73. The van der Waals surface area contributed by atoms with Crippen molar-refractivity contribution >= 4 is 29.1 Å². The number of amides is 1. The Hall–Kier alpha value is -3.28. The number of rotatable bonds is 9. The lowest BCUT2D eigenvalue weighted by Gasteiger charge is -2.23. The number of hydrogen-bond acceptors (Lipinski definition) is 4. The van der Waals surface area contributed by atoms with Crippen LogP contribution < -0.4 is 10.1 Å². The minimum atomic E-state index is -0.393. The summed E-state index contributed by atoms with van der Waals surface area (Å²) in [5.41, 5.74) is 5.61. The normalized spacial score (nSPS) is 11.8. The van der Waals surface area contributed by atoms with Gasteiger partial charge in [-0.25, -0.2) is 0 Å². The molecule has 36 heavy (non-hydrogen) atoms. The summed E-state index contributed by atoms with van der Waals surface area (Å²) >= 11 is 12.7. The van der Waals surface area contributed by atoms with Crippen molar-refractivity contribution in [3.8, 4) is 5.75 Å². The summed E-state index contributed by atoms with van der Waals surface area (Å²) < 4.78 is 11.1. The van der Waals surface area contributed by atoms with E-state index in [1.165, 1.54) is 0 Å². The van der Waals surface area contributed by atoms with Gasteiger partial charge >= 0.3 is 0 Å². The van der Waals surface area contributed by atoms with Gasteiger partial charge in [-0.1, -0.05) is 64.8 Å². The molecule has 0 radical (unpaired) electrons. The van der Waals surface area contributed by atoms with Gasteiger partial charge in [0, 0.05) is 22.0 Å². The Kier molecular flexibility index (Phi) is 8.34. The van der Waals surface area contributed by atoms with Crippen LogP contribution >= 0.6 is 23.2 Å². The fourth-order valence-electron chi connectivity index (χ4n) is 4.23. The molecule has 1 heterocycles. The van der Waals surface area contributed by atoms with Crippen molar-refractivity contribution in [3.05, 3.63) is 116 Å². The molecule has 186 valence electrons. The maximum absolute atomic E-state index is 13.1. The van der Waals surface area contributed by atoms with Crippen LogP contribution in [0.2, 0.25) is 10.0 Å². The van der Waals surface area contributed by atoms with E-state index in [-0.39, 0.29) is 12.3 Å². The predicted molar refractivity (Wildman–Crippen MR) is 143 cm³/mol. The van der Waals surface area contributed by atoms with E-state index in [2.05, 4.69) is 10.5 Å². The Balaban J connectivity index is 1.41. The number of carbonyl (C=O) groups excluding carboxylic acids is 1. The largest absolute Gasteiger partial charge is 0.493 e. The zero-order chi connectivity index (χ0) is 25.7. The maximum atomic E-state index is 13.1. The quantitative estimate of drug-likeness (QED) is 0.257. The van der Waals surface area contributed by atoms with Crippen LogP contribution in [0.15, 0.2) is 71.3 Å². The van der Waals surface area contributed by atoms with Gasteiger partial charge in [0.05, 0.1) is 24.8 Å². The lowest BCUT2D eigenvalue weighted by atomic mass is 9.94. The molecule has 1 atom stereocenters. The molecule has 0 aliphatic heterocycles. The predicted octanol–water partition coefficient (Wildman–Crippen LogP) is 6.98. The third-order valence-electron chi connectivity index (χ3n) is 6.15. The van der Waals surface area contributed by atoms with Gasteiger partial charge in [0.25, 0.3) is 0 Å². The molecule has 1 N–H and O–H groups in total. The molecule has 0 bridgehead atoms. The molecule has 0 spiro atoms. The summed E-state index contributed by atoms with van der Waals surface area (Å²) in [6.45, 7) is 6.32.